The van der Waals surface area contributed by atoms with Crippen LogP contribution in [-0.2, 0) is 0 Å². The molecule has 1 aromatic heterocycles. The van der Waals surface area contributed by atoms with Crippen LogP contribution in [0, 0.1) is 0 Å². The van der Waals surface area contributed by atoms with Gasteiger partial charge in [-0.15, -0.1) is 13.2 Å². The van der Waals surface area contributed by atoms with Crippen LogP contribution in [0.1, 0.15) is 0 Å². The maximum absolute atomic E-state index is 12.1. The molecule has 0 aliphatic heterocycles. The molecule has 2 rings (SSSR count). The van der Waals surface area contributed by atoms with Gasteiger partial charge in [-0.05, 0) is 24.3 Å². The van der Waals surface area contributed by atoms with Gasteiger partial charge in [-0.25, -0.2) is 0 Å². The normalized spacial score (nSPS) is 11.4. The van der Waals surface area contributed by atoms with Crippen molar-refractivity contribution in [3.8, 4) is 11.4 Å². The van der Waals surface area contributed by atoms with Gasteiger partial charge in [-0.3, -0.25) is 0 Å². The Bertz CT molecular complexity index is 462. The highest BCUT2D eigenvalue weighted by Gasteiger charge is 2.32. The zero-order valence-electron chi connectivity index (χ0n) is 8.11. The number of hydrogen-bond donors (Lipinski definition) is 0. The van der Waals surface area contributed by atoms with E-state index in [1.807, 2.05) is 0 Å². The van der Waals surface area contributed by atoms with Gasteiger partial charge < -0.3 is 9.30 Å². The summed E-state index contributed by atoms with van der Waals surface area (Å²) in [6, 6.07) is 9.44. The SMILES string of the molecule is FC(F)(F)Oc1ccccc1-n1cccc1. The van der Waals surface area contributed by atoms with Crippen molar-refractivity contribution in [1.29, 1.82) is 0 Å². The van der Waals surface area contributed by atoms with E-state index in [4.69, 9.17) is 0 Å². The first-order chi connectivity index (χ1) is 7.56. The summed E-state index contributed by atoms with van der Waals surface area (Å²) in [4.78, 5) is 0. The van der Waals surface area contributed by atoms with E-state index in [0.29, 0.717) is 5.69 Å². The molecule has 0 aliphatic carbocycles. The van der Waals surface area contributed by atoms with Crippen molar-refractivity contribution in [3.05, 3.63) is 48.8 Å². The average molecular weight is 227 g/mol. The molecular formula is C11H8F3NO. The predicted molar refractivity (Wildman–Crippen MR) is 52.5 cm³/mol. The van der Waals surface area contributed by atoms with Gasteiger partial charge >= 0.3 is 6.36 Å². The van der Waals surface area contributed by atoms with Crippen LogP contribution in [0.5, 0.6) is 5.75 Å². The van der Waals surface area contributed by atoms with Crippen LogP contribution in [0.3, 0.4) is 0 Å². The van der Waals surface area contributed by atoms with E-state index < -0.39 is 6.36 Å². The van der Waals surface area contributed by atoms with E-state index in [-0.39, 0.29) is 5.75 Å². The largest absolute Gasteiger partial charge is 0.573 e. The van der Waals surface area contributed by atoms with Gasteiger partial charge in [0.05, 0.1) is 5.69 Å². The fourth-order valence-electron chi connectivity index (χ4n) is 1.38. The lowest BCUT2D eigenvalue weighted by Crippen LogP contribution is -2.18. The van der Waals surface area contributed by atoms with Crippen molar-refractivity contribution >= 4 is 0 Å². The molecule has 5 heteroatoms. The second-order valence-corrected chi connectivity index (χ2v) is 3.11. The Balaban J connectivity index is 2.39. The molecule has 1 heterocycles. The first-order valence-electron chi connectivity index (χ1n) is 4.54. The highest BCUT2D eigenvalue weighted by Crippen LogP contribution is 2.28. The zero-order chi connectivity index (χ0) is 11.6. The number of nitrogens with zero attached hydrogens (tertiary/aromatic N) is 1. The van der Waals surface area contributed by atoms with E-state index >= 15 is 0 Å². The summed E-state index contributed by atoms with van der Waals surface area (Å²) in [7, 11) is 0. The fourth-order valence-corrected chi connectivity index (χ4v) is 1.38. The van der Waals surface area contributed by atoms with E-state index in [9.17, 15) is 13.2 Å². The molecule has 0 amide bonds. The molecule has 1 aromatic carbocycles. The molecule has 0 N–H and O–H groups in total. The topological polar surface area (TPSA) is 14.2 Å². The van der Waals surface area contributed by atoms with Crippen LogP contribution in [0.4, 0.5) is 13.2 Å². The van der Waals surface area contributed by atoms with E-state index in [2.05, 4.69) is 4.74 Å². The fraction of sp³-hybridized carbons (Fsp3) is 0.0909. The second kappa shape index (κ2) is 3.92. The monoisotopic (exact) mass is 227 g/mol. The highest BCUT2D eigenvalue weighted by atomic mass is 19.4. The summed E-state index contributed by atoms with van der Waals surface area (Å²) in [5, 5.41) is 0. The number of alkyl halides is 3. The molecule has 0 saturated heterocycles. The highest BCUT2D eigenvalue weighted by molar-refractivity contribution is 5.46. The number of halogens is 3. The first-order valence-corrected chi connectivity index (χ1v) is 4.54. The van der Waals surface area contributed by atoms with Crippen LogP contribution in [0.15, 0.2) is 48.8 Å². The molecule has 2 aromatic rings. The van der Waals surface area contributed by atoms with Crippen LogP contribution in [-0.4, -0.2) is 10.9 Å². The van der Waals surface area contributed by atoms with Crippen LogP contribution in [0.2, 0.25) is 0 Å². The molecule has 84 valence electrons. The van der Waals surface area contributed by atoms with Crippen molar-refractivity contribution in [3.63, 3.8) is 0 Å². The minimum Gasteiger partial charge on any atom is -0.404 e. The number of para-hydroxylation sites is 2. The summed E-state index contributed by atoms with van der Waals surface area (Å²) in [6.07, 6.45) is -1.37. The number of aromatic nitrogens is 1. The smallest absolute Gasteiger partial charge is 0.404 e. The Morgan fingerprint density at radius 2 is 1.56 bits per heavy atom. The second-order valence-electron chi connectivity index (χ2n) is 3.11. The zero-order valence-corrected chi connectivity index (χ0v) is 8.11. The average Bonchev–Trinajstić information content (AvgIpc) is 2.69. The number of hydrogen-bond acceptors (Lipinski definition) is 1. The Labute approximate surface area is 89.9 Å². The third-order valence-corrected chi connectivity index (χ3v) is 1.97. The maximum atomic E-state index is 12.1. The lowest BCUT2D eigenvalue weighted by molar-refractivity contribution is -0.274. The summed E-state index contributed by atoms with van der Waals surface area (Å²) < 4.78 is 41.9. The van der Waals surface area contributed by atoms with Crippen molar-refractivity contribution < 1.29 is 17.9 Å². The summed E-state index contributed by atoms with van der Waals surface area (Å²) in [5.74, 6) is -0.216. The van der Waals surface area contributed by atoms with Gasteiger partial charge in [0.25, 0.3) is 0 Å². The molecule has 0 saturated carbocycles. The number of benzene rings is 1. The molecule has 0 aliphatic rings. The molecular weight excluding hydrogens is 219 g/mol. The maximum Gasteiger partial charge on any atom is 0.573 e. The van der Waals surface area contributed by atoms with Crippen LogP contribution < -0.4 is 4.74 Å². The minimum atomic E-state index is -4.68. The van der Waals surface area contributed by atoms with E-state index in [0.717, 1.165) is 0 Å². The molecule has 2 nitrogen and oxygen atoms in total. The van der Waals surface area contributed by atoms with Gasteiger partial charge in [0.2, 0.25) is 0 Å². The summed E-state index contributed by atoms with van der Waals surface area (Å²) in [6.45, 7) is 0. The number of rotatable bonds is 2. The van der Waals surface area contributed by atoms with Gasteiger partial charge in [0.15, 0.2) is 5.75 Å². The number of ether oxygens (including phenoxy) is 1. The van der Waals surface area contributed by atoms with E-state index in [1.54, 1.807) is 41.2 Å². The van der Waals surface area contributed by atoms with Gasteiger partial charge in [0, 0.05) is 12.4 Å². The third kappa shape index (κ3) is 2.36. The van der Waals surface area contributed by atoms with Gasteiger partial charge in [-0.2, -0.15) is 0 Å². The predicted octanol–water partition coefficient (Wildman–Crippen LogP) is 3.38. The Kier molecular flexibility index (Phi) is 2.60. The van der Waals surface area contributed by atoms with Crippen molar-refractivity contribution in [1.82, 2.24) is 4.57 Å². The molecule has 0 spiro atoms. The van der Waals surface area contributed by atoms with Crippen molar-refractivity contribution in [2.75, 3.05) is 0 Å². The molecule has 0 fully saturated rings. The Hall–Kier alpha value is -1.91. The van der Waals surface area contributed by atoms with Crippen molar-refractivity contribution in [2.24, 2.45) is 0 Å². The minimum absolute atomic E-state index is 0.216. The van der Waals surface area contributed by atoms with Crippen molar-refractivity contribution in [2.45, 2.75) is 6.36 Å². The van der Waals surface area contributed by atoms with Crippen LogP contribution in [0.25, 0.3) is 5.69 Å². The summed E-state index contributed by atoms with van der Waals surface area (Å²) >= 11 is 0. The molecule has 16 heavy (non-hydrogen) atoms. The Morgan fingerprint density at radius 1 is 0.938 bits per heavy atom. The van der Waals surface area contributed by atoms with Gasteiger partial charge in [0.1, 0.15) is 0 Å². The third-order valence-electron chi connectivity index (χ3n) is 1.97. The lowest BCUT2D eigenvalue weighted by Gasteiger charge is -2.13. The Morgan fingerprint density at radius 3 is 2.19 bits per heavy atom. The van der Waals surface area contributed by atoms with E-state index in [1.165, 1.54) is 12.1 Å². The van der Waals surface area contributed by atoms with Crippen LogP contribution >= 0.6 is 0 Å². The first kappa shape index (κ1) is 10.6. The molecule has 0 radical (unpaired) electrons. The summed E-state index contributed by atoms with van der Waals surface area (Å²) in [5.41, 5.74) is 0.352. The molecule has 0 bridgehead atoms. The standard InChI is InChI=1S/C11H8F3NO/c12-11(13,14)16-10-6-2-1-5-9(10)15-7-3-4-8-15/h1-8H. The quantitative estimate of drug-likeness (QED) is 0.767. The lowest BCUT2D eigenvalue weighted by atomic mass is 10.3. The van der Waals surface area contributed by atoms with Gasteiger partial charge in [-0.1, -0.05) is 12.1 Å². The molecule has 0 unspecified atom stereocenters. The molecule has 0 atom stereocenters.